The summed E-state index contributed by atoms with van der Waals surface area (Å²) in [6, 6.07) is 15.4. The van der Waals surface area contributed by atoms with E-state index in [0.29, 0.717) is 17.1 Å². The van der Waals surface area contributed by atoms with Gasteiger partial charge < -0.3 is 34.6 Å². The predicted octanol–water partition coefficient (Wildman–Crippen LogP) is -0.606. The first-order valence-corrected chi connectivity index (χ1v) is 9.55. The zero-order valence-corrected chi connectivity index (χ0v) is 16.4. The molecule has 5 atom stereocenters. The van der Waals surface area contributed by atoms with Crippen molar-refractivity contribution in [1.29, 1.82) is 0 Å². The van der Waals surface area contributed by atoms with Gasteiger partial charge in [0.05, 0.1) is 12.8 Å². The summed E-state index contributed by atoms with van der Waals surface area (Å²) in [5.74, 6) is 0.487. The fourth-order valence-electron chi connectivity index (χ4n) is 2.81. The van der Waals surface area contributed by atoms with Gasteiger partial charge in [-0.05, 0) is 42.0 Å². The number of aliphatic hydroxyl groups excluding tert-OH is 4. The second-order valence-corrected chi connectivity index (χ2v) is 6.78. The van der Waals surface area contributed by atoms with Crippen LogP contribution in [0, 0.1) is 0 Å². The van der Waals surface area contributed by atoms with E-state index in [4.69, 9.17) is 14.2 Å². The Kier molecular flexibility index (Phi) is 7.93. The van der Waals surface area contributed by atoms with Crippen molar-refractivity contribution < 1.29 is 39.4 Å². The minimum atomic E-state index is -1.52. The molecule has 0 radical (unpaired) electrons. The molecule has 0 aromatic heterocycles. The van der Waals surface area contributed by atoms with Crippen molar-refractivity contribution in [1.82, 2.24) is 5.43 Å². The number of amides is 1. The number of rotatable bonds is 8. The van der Waals surface area contributed by atoms with E-state index in [9.17, 15) is 25.2 Å². The van der Waals surface area contributed by atoms with Crippen LogP contribution < -0.4 is 14.9 Å². The SMILES string of the molecule is O=C(COc1ccccc1)N/N=C/c1ccc(OC2OC(CO)C(O)C(O)C2O)cc1. The highest BCUT2D eigenvalue weighted by atomic mass is 16.7. The van der Waals surface area contributed by atoms with E-state index in [0.717, 1.165) is 0 Å². The number of benzene rings is 2. The monoisotopic (exact) mass is 432 g/mol. The Labute approximate surface area is 178 Å². The first-order valence-electron chi connectivity index (χ1n) is 9.55. The summed E-state index contributed by atoms with van der Waals surface area (Å²) < 4.78 is 16.1. The Bertz CT molecular complexity index is 859. The Hall–Kier alpha value is -3.02. The van der Waals surface area contributed by atoms with Gasteiger partial charge in [-0.1, -0.05) is 18.2 Å². The van der Waals surface area contributed by atoms with Crippen molar-refractivity contribution in [2.75, 3.05) is 13.2 Å². The van der Waals surface area contributed by atoms with Crippen molar-refractivity contribution in [3.8, 4) is 11.5 Å². The van der Waals surface area contributed by atoms with E-state index in [1.807, 2.05) is 6.07 Å². The van der Waals surface area contributed by atoms with Gasteiger partial charge in [0.1, 0.15) is 35.9 Å². The number of carbonyl (C=O) groups is 1. The largest absolute Gasteiger partial charge is 0.484 e. The maximum Gasteiger partial charge on any atom is 0.277 e. The van der Waals surface area contributed by atoms with Crippen LogP contribution in [0.15, 0.2) is 59.7 Å². The summed E-state index contributed by atoms with van der Waals surface area (Å²) in [7, 11) is 0. The van der Waals surface area contributed by atoms with Crippen LogP contribution in [0.4, 0.5) is 0 Å². The smallest absolute Gasteiger partial charge is 0.277 e. The number of hydrogen-bond donors (Lipinski definition) is 5. The number of hydrogen-bond acceptors (Lipinski definition) is 9. The maximum atomic E-state index is 11.8. The normalized spacial score (nSPS) is 25.9. The topological polar surface area (TPSA) is 150 Å². The Balaban J connectivity index is 1.48. The van der Waals surface area contributed by atoms with Gasteiger partial charge in [0.2, 0.25) is 6.29 Å². The van der Waals surface area contributed by atoms with E-state index in [2.05, 4.69) is 10.5 Å². The molecule has 10 nitrogen and oxygen atoms in total. The lowest BCUT2D eigenvalue weighted by molar-refractivity contribution is -0.277. The van der Waals surface area contributed by atoms with Gasteiger partial charge in [0, 0.05) is 0 Å². The number of nitrogens with zero attached hydrogens (tertiary/aromatic N) is 1. The molecule has 2 aromatic carbocycles. The van der Waals surface area contributed by atoms with Crippen LogP contribution in [-0.2, 0) is 9.53 Å². The molecule has 31 heavy (non-hydrogen) atoms. The van der Waals surface area contributed by atoms with Crippen molar-refractivity contribution in [2.24, 2.45) is 5.10 Å². The van der Waals surface area contributed by atoms with Gasteiger partial charge in [0.25, 0.3) is 5.91 Å². The molecular formula is C21H24N2O8. The first-order chi connectivity index (χ1) is 15.0. The van der Waals surface area contributed by atoms with E-state index in [-0.39, 0.29) is 6.61 Å². The Morgan fingerprint density at radius 2 is 1.71 bits per heavy atom. The van der Waals surface area contributed by atoms with Crippen molar-refractivity contribution in [2.45, 2.75) is 30.7 Å². The summed E-state index contributed by atoms with van der Waals surface area (Å²) in [6.07, 6.45) is -5.35. The molecule has 10 heteroatoms. The summed E-state index contributed by atoms with van der Waals surface area (Å²) in [6.45, 7) is -0.713. The van der Waals surface area contributed by atoms with Crippen LogP contribution in [0.5, 0.6) is 11.5 Å². The highest BCUT2D eigenvalue weighted by molar-refractivity contribution is 5.83. The van der Waals surface area contributed by atoms with Crippen LogP contribution in [0.3, 0.4) is 0 Å². The zero-order valence-electron chi connectivity index (χ0n) is 16.4. The minimum Gasteiger partial charge on any atom is -0.484 e. The fraction of sp³-hybridized carbons (Fsp3) is 0.333. The molecule has 3 rings (SSSR count). The average Bonchev–Trinajstić information content (AvgIpc) is 2.80. The van der Waals surface area contributed by atoms with Crippen LogP contribution in [0.25, 0.3) is 0 Å². The second kappa shape index (κ2) is 10.8. The van der Waals surface area contributed by atoms with Crippen LogP contribution in [0.1, 0.15) is 5.56 Å². The third kappa shape index (κ3) is 6.23. The summed E-state index contributed by atoms with van der Waals surface area (Å²) >= 11 is 0. The summed E-state index contributed by atoms with van der Waals surface area (Å²) in [4.78, 5) is 11.8. The zero-order chi connectivity index (χ0) is 22.2. The first kappa shape index (κ1) is 22.7. The van der Waals surface area contributed by atoms with Crippen molar-refractivity contribution >= 4 is 12.1 Å². The second-order valence-electron chi connectivity index (χ2n) is 6.78. The Morgan fingerprint density at radius 3 is 2.39 bits per heavy atom. The summed E-state index contributed by atoms with van der Waals surface area (Å²) in [5, 5.41) is 42.7. The number of ether oxygens (including phenoxy) is 3. The molecule has 1 fully saturated rings. The highest BCUT2D eigenvalue weighted by Gasteiger charge is 2.44. The van der Waals surface area contributed by atoms with E-state index in [1.165, 1.54) is 6.21 Å². The van der Waals surface area contributed by atoms with Crippen molar-refractivity contribution in [3.05, 3.63) is 60.2 Å². The molecule has 0 bridgehead atoms. The minimum absolute atomic E-state index is 0.173. The third-order valence-corrected chi connectivity index (χ3v) is 4.50. The van der Waals surface area contributed by atoms with E-state index < -0.39 is 43.2 Å². The molecule has 166 valence electrons. The molecule has 1 heterocycles. The van der Waals surface area contributed by atoms with Gasteiger partial charge in [0.15, 0.2) is 6.61 Å². The lowest BCUT2D eigenvalue weighted by Crippen LogP contribution is -2.60. The van der Waals surface area contributed by atoms with Gasteiger partial charge in [-0.15, -0.1) is 0 Å². The van der Waals surface area contributed by atoms with Gasteiger partial charge >= 0.3 is 0 Å². The molecule has 1 aliphatic rings. The molecule has 0 spiro atoms. The summed E-state index contributed by atoms with van der Waals surface area (Å²) in [5.41, 5.74) is 3.01. The third-order valence-electron chi connectivity index (χ3n) is 4.50. The molecule has 1 aliphatic heterocycles. The quantitative estimate of drug-likeness (QED) is 0.274. The molecule has 1 saturated heterocycles. The number of aliphatic hydroxyl groups is 4. The average molecular weight is 432 g/mol. The van der Waals surface area contributed by atoms with Crippen molar-refractivity contribution in [3.63, 3.8) is 0 Å². The molecule has 5 unspecified atom stereocenters. The van der Waals surface area contributed by atoms with E-state index in [1.54, 1.807) is 48.5 Å². The number of hydrazone groups is 1. The number of nitrogens with one attached hydrogen (secondary N) is 1. The van der Waals surface area contributed by atoms with Gasteiger partial charge in [-0.2, -0.15) is 5.10 Å². The molecule has 2 aromatic rings. The lowest BCUT2D eigenvalue weighted by atomic mass is 9.99. The van der Waals surface area contributed by atoms with Crippen LogP contribution in [0.2, 0.25) is 0 Å². The van der Waals surface area contributed by atoms with E-state index >= 15 is 0 Å². The molecular weight excluding hydrogens is 408 g/mol. The number of para-hydroxylation sites is 1. The van der Waals surface area contributed by atoms with Crippen LogP contribution >= 0.6 is 0 Å². The maximum absolute atomic E-state index is 11.8. The number of carbonyl (C=O) groups excluding carboxylic acids is 1. The Morgan fingerprint density at radius 1 is 1.00 bits per heavy atom. The molecule has 1 amide bonds. The van der Waals surface area contributed by atoms with Gasteiger partial charge in [-0.25, -0.2) is 5.43 Å². The van der Waals surface area contributed by atoms with Gasteiger partial charge in [-0.3, -0.25) is 4.79 Å². The molecule has 0 saturated carbocycles. The fourth-order valence-corrected chi connectivity index (χ4v) is 2.81. The molecule has 5 N–H and O–H groups in total. The highest BCUT2D eigenvalue weighted by Crippen LogP contribution is 2.24. The predicted molar refractivity (Wildman–Crippen MR) is 109 cm³/mol. The standard InChI is InChI=1S/C21H24N2O8/c24-11-16-18(26)19(27)20(28)21(31-16)30-15-8-6-13(7-9-15)10-22-23-17(25)12-29-14-4-2-1-3-5-14/h1-10,16,18-21,24,26-28H,11-12H2,(H,23,25)/b22-10+. The van der Waals surface area contributed by atoms with Crippen LogP contribution in [-0.4, -0.2) is 76.5 Å². The lowest BCUT2D eigenvalue weighted by Gasteiger charge is -2.39. The molecule has 0 aliphatic carbocycles.